The predicted molar refractivity (Wildman–Crippen MR) is 84.0 cm³/mol. The van der Waals surface area contributed by atoms with E-state index in [1.807, 2.05) is 17.0 Å². The first-order valence-corrected chi connectivity index (χ1v) is 7.51. The van der Waals surface area contributed by atoms with Crippen molar-refractivity contribution in [3.63, 3.8) is 0 Å². The molecular weight excluding hydrogens is 296 g/mol. The van der Waals surface area contributed by atoms with Gasteiger partial charge in [-0.05, 0) is 31.9 Å². The van der Waals surface area contributed by atoms with Gasteiger partial charge in [-0.15, -0.1) is 0 Å². The lowest BCUT2D eigenvalue weighted by molar-refractivity contribution is 0.0730. The second-order valence-electron chi connectivity index (χ2n) is 5.64. The summed E-state index contributed by atoms with van der Waals surface area (Å²) in [5.74, 6) is 2.02. The number of ether oxygens (including phenoxy) is 2. The number of hydrogen-bond donors (Lipinski definition) is 0. The highest BCUT2D eigenvalue weighted by Crippen LogP contribution is 2.33. The molecular formula is C17H20N2O4. The minimum Gasteiger partial charge on any atom is -0.497 e. The highest BCUT2D eigenvalue weighted by atomic mass is 16.5. The van der Waals surface area contributed by atoms with E-state index < -0.39 is 0 Å². The fraction of sp³-hybridized carbons (Fsp3) is 0.412. The zero-order valence-electron chi connectivity index (χ0n) is 13.8. The maximum absolute atomic E-state index is 12.8. The van der Waals surface area contributed by atoms with Gasteiger partial charge in [0.25, 0.3) is 5.91 Å². The average molecular weight is 316 g/mol. The normalized spacial score (nSPS) is 13.7. The summed E-state index contributed by atoms with van der Waals surface area (Å²) in [6, 6.07) is 3.86. The maximum Gasteiger partial charge on any atom is 0.259 e. The minimum atomic E-state index is -0.0511. The maximum atomic E-state index is 12.8. The molecule has 0 spiro atoms. The van der Waals surface area contributed by atoms with Crippen LogP contribution >= 0.6 is 0 Å². The Bertz CT molecular complexity index is 715. The van der Waals surface area contributed by atoms with Gasteiger partial charge in [-0.3, -0.25) is 4.79 Å². The summed E-state index contributed by atoms with van der Waals surface area (Å²) in [7, 11) is 3.27. The van der Waals surface area contributed by atoms with E-state index >= 15 is 0 Å². The molecule has 122 valence electrons. The zero-order valence-corrected chi connectivity index (χ0v) is 13.8. The van der Waals surface area contributed by atoms with Crippen LogP contribution in [0.5, 0.6) is 11.5 Å². The molecule has 1 amide bonds. The van der Waals surface area contributed by atoms with Crippen LogP contribution in [-0.4, -0.2) is 36.7 Å². The smallest absolute Gasteiger partial charge is 0.259 e. The summed E-state index contributed by atoms with van der Waals surface area (Å²) >= 11 is 0. The van der Waals surface area contributed by atoms with Gasteiger partial charge in [0.05, 0.1) is 19.9 Å². The molecule has 6 nitrogen and oxygen atoms in total. The summed E-state index contributed by atoms with van der Waals surface area (Å²) in [5, 5.41) is 3.87. The Morgan fingerprint density at radius 3 is 2.65 bits per heavy atom. The molecule has 1 aliphatic rings. The molecule has 1 aromatic heterocycles. The number of aromatic nitrogens is 1. The molecule has 0 radical (unpaired) electrons. The van der Waals surface area contributed by atoms with E-state index in [4.69, 9.17) is 14.0 Å². The summed E-state index contributed by atoms with van der Waals surface area (Å²) in [5.41, 5.74) is 3.37. The second-order valence-corrected chi connectivity index (χ2v) is 5.64. The minimum absolute atomic E-state index is 0.0511. The molecule has 1 aromatic carbocycles. The van der Waals surface area contributed by atoms with Gasteiger partial charge in [0.2, 0.25) is 0 Å². The number of amides is 1. The van der Waals surface area contributed by atoms with Crippen LogP contribution in [0.1, 0.15) is 32.9 Å². The zero-order chi connectivity index (χ0) is 16.6. The average Bonchev–Trinajstić information content (AvgIpc) is 2.91. The van der Waals surface area contributed by atoms with Crippen LogP contribution in [0.2, 0.25) is 0 Å². The van der Waals surface area contributed by atoms with Crippen LogP contribution in [0.4, 0.5) is 0 Å². The Balaban J connectivity index is 1.92. The predicted octanol–water partition coefficient (Wildman–Crippen LogP) is 2.51. The first-order chi connectivity index (χ1) is 11.0. The van der Waals surface area contributed by atoms with Gasteiger partial charge in [-0.1, -0.05) is 5.16 Å². The molecule has 6 heteroatoms. The number of methoxy groups -OCH3 is 2. The van der Waals surface area contributed by atoms with E-state index in [1.54, 1.807) is 28.1 Å². The van der Waals surface area contributed by atoms with E-state index in [1.165, 1.54) is 0 Å². The van der Waals surface area contributed by atoms with E-state index in [0.717, 1.165) is 29.0 Å². The molecule has 0 aliphatic carbocycles. The standard InChI is InChI=1S/C17H20N2O4/c1-10-16(11(2)23-18-10)17(20)19-6-5-12-7-13(21-3)8-15(22-4)14(12)9-19/h7-8H,5-6,9H2,1-4H3. The number of carbonyl (C=O) groups is 1. The Labute approximate surface area is 135 Å². The molecule has 1 aliphatic heterocycles. The third kappa shape index (κ3) is 2.65. The quantitative estimate of drug-likeness (QED) is 0.870. The van der Waals surface area contributed by atoms with Crippen molar-refractivity contribution in [3.8, 4) is 11.5 Å². The van der Waals surface area contributed by atoms with Crippen LogP contribution in [0.3, 0.4) is 0 Å². The van der Waals surface area contributed by atoms with Crippen LogP contribution < -0.4 is 9.47 Å². The summed E-state index contributed by atoms with van der Waals surface area (Å²) in [4.78, 5) is 14.6. The van der Waals surface area contributed by atoms with Crippen LogP contribution in [0, 0.1) is 13.8 Å². The number of fused-ring (bicyclic) bond motifs is 1. The van der Waals surface area contributed by atoms with Gasteiger partial charge in [-0.2, -0.15) is 0 Å². The van der Waals surface area contributed by atoms with Crippen LogP contribution in [0.25, 0.3) is 0 Å². The van der Waals surface area contributed by atoms with Crippen molar-refractivity contribution in [1.82, 2.24) is 10.1 Å². The Kier molecular flexibility index (Phi) is 3.98. The third-order valence-electron chi connectivity index (χ3n) is 4.26. The van der Waals surface area contributed by atoms with Crippen molar-refractivity contribution in [2.75, 3.05) is 20.8 Å². The molecule has 0 unspecified atom stereocenters. The first kappa shape index (κ1) is 15.4. The molecule has 0 atom stereocenters. The number of benzene rings is 1. The number of hydrogen-bond acceptors (Lipinski definition) is 5. The Morgan fingerprint density at radius 1 is 1.26 bits per heavy atom. The summed E-state index contributed by atoms with van der Waals surface area (Å²) < 4.78 is 15.9. The SMILES string of the molecule is COc1cc2c(c(OC)c1)CN(C(=O)c1c(C)noc1C)CC2. The largest absolute Gasteiger partial charge is 0.497 e. The summed E-state index contributed by atoms with van der Waals surface area (Å²) in [6.45, 7) is 4.70. The van der Waals surface area contributed by atoms with Crippen molar-refractivity contribution >= 4 is 5.91 Å². The van der Waals surface area contributed by atoms with E-state index in [9.17, 15) is 4.79 Å². The van der Waals surface area contributed by atoms with Gasteiger partial charge >= 0.3 is 0 Å². The van der Waals surface area contributed by atoms with E-state index in [0.29, 0.717) is 30.1 Å². The topological polar surface area (TPSA) is 64.8 Å². The van der Waals surface area contributed by atoms with E-state index in [-0.39, 0.29) is 5.91 Å². The lowest BCUT2D eigenvalue weighted by Crippen LogP contribution is -2.36. The van der Waals surface area contributed by atoms with Crippen molar-refractivity contribution < 1.29 is 18.8 Å². The fourth-order valence-corrected chi connectivity index (χ4v) is 3.02. The lowest BCUT2D eigenvalue weighted by atomic mass is 9.97. The lowest BCUT2D eigenvalue weighted by Gasteiger charge is -2.30. The fourth-order valence-electron chi connectivity index (χ4n) is 3.02. The molecule has 0 saturated carbocycles. The number of nitrogens with zero attached hydrogens (tertiary/aromatic N) is 2. The molecule has 0 N–H and O–H groups in total. The highest BCUT2D eigenvalue weighted by Gasteiger charge is 2.28. The van der Waals surface area contributed by atoms with Gasteiger partial charge in [0.1, 0.15) is 22.8 Å². The van der Waals surface area contributed by atoms with Gasteiger partial charge < -0.3 is 18.9 Å². The molecule has 3 rings (SSSR count). The van der Waals surface area contributed by atoms with Crippen LogP contribution in [0.15, 0.2) is 16.7 Å². The van der Waals surface area contributed by atoms with Crippen molar-refractivity contribution in [2.45, 2.75) is 26.8 Å². The molecule has 0 saturated heterocycles. The molecule has 0 fully saturated rings. The van der Waals surface area contributed by atoms with Gasteiger partial charge in [0, 0.05) is 24.7 Å². The monoisotopic (exact) mass is 316 g/mol. The number of aryl methyl sites for hydroxylation is 2. The third-order valence-corrected chi connectivity index (χ3v) is 4.26. The summed E-state index contributed by atoms with van der Waals surface area (Å²) in [6.07, 6.45) is 0.762. The van der Waals surface area contributed by atoms with E-state index in [2.05, 4.69) is 5.16 Å². The van der Waals surface area contributed by atoms with Crippen molar-refractivity contribution in [3.05, 3.63) is 40.3 Å². The first-order valence-electron chi connectivity index (χ1n) is 7.51. The van der Waals surface area contributed by atoms with Gasteiger partial charge in [-0.25, -0.2) is 0 Å². The Hall–Kier alpha value is -2.50. The second kappa shape index (κ2) is 5.95. The van der Waals surface area contributed by atoms with Crippen molar-refractivity contribution in [1.29, 1.82) is 0 Å². The molecule has 2 heterocycles. The molecule has 0 bridgehead atoms. The highest BCUT2D eigenvalue weighted by molar-refractivity contribution is 5.96. The number of carbonyl (C=O) groups excluding carboxylic acids is 1. The molecule has 2 aromatic rings. The number of rotatable bonds is 3. The van der Waals surface area contributed by atoms with Crippen LogP contribution in [-0.2, 0) is 13.0 Å². The van der Waals surface area contributed by atoms with Gasteiger partial charge in [0.15, 0.2) is 0 Å². The van der Waals surface area contributed by atoms with Crippen molar-refractivity contribution in [2.24, 2.45) is 0 Å². The molecule has 23 heavy (non-hydrogen) atoms. The Morgan fingerprint density at radius 2 is 2.04 bits per heavy atom.